The van der Waals surface area contributed by atoms with E-state index in [0.717, 1.165) is 12.8 Å². The van der Waals surface area contributed by atoms with Gasteiger partial charge in [-0.25, -0.2) is 0 Å². The van der Waals surface area contributed by atoms with Crippen LogP contribution in [-0.4, -0.2) is 79.8 Å². The van der Waals surface area contributed by atoms with Crippen LogP contribution in [0.3, 0.4) is 0 Å². The molecule has 2 unspecified atom stereocenters. The van der Waals surface area contributed by atoms with E-state index < -0.39 is 23.8 Å². The summed E-state index contributed by atoms with van der Waals surface area (Å²) in [6, 6.07) is 4.61. The highest BCUT2D eigenvalue weighted by molar-refractivity contribution is 6.31. The summed E-state index contributed by atoms with van der Waals surface area (Å²) in [7, 11) is 2.92. The zero-order valence-corrected chi connectivity index (χ0v) is 23.0. The van der Waals surface area contributed by atoms with Crippen molar-refractivity contribution in [2.45, 2.75) is 50.9 Å². The molecule has 2 aliphatic carbocycles. The maximum Gasteiger partial charge on any atom is 0.245 e. The van der Waals surface area contributed by atoms with Crippen LogP contribution in [0.2, 0.25) is 0 Å². The van der Waals surface area contributed by atoms with Crippen LogP contribution in [0, 0.1) is 5.92 Å². The van der Waals surface area contributed by atoms with Crippen LogP contribution in [-0.2, 0) is 36.6 Å². The van der Waals surface area contributed by atoms with Crippen LogP contribution in [0.5, 0.6) is 17.2 Å². The van der Waals surface area contributed by atoms with Gasteiger partial charge in [-0.1, -0.05) is 12.1 Å². The predicted molar refractivity (Wildman–Crippen MR) is 144 cm³/mol. The first-order valence-electron chi connectivity index (χ1n) is 13.7. The highest BCUT2D eigenvalue weighted by Gasteiger charge is 2.41. The van der Waals surface area contributed by atoms with Crippen LogP contribution in [0.1, 0.15) is 68.7 Å². The second kappa shape index (κ2) is 12.0. The number of hydrogen-bond acceptors (Lipinski definition) is 10. The molecule has 3 aliphatic rings. The molecule has 11 heteroatoms. The number of ketones is 3. The van der Waals surface area contributed by atoms with Gasteiger partial charge in [0, 0.05) is 29.7 Å². The van der Waals surface area contributed by atoms with Crippen molar-refractivity contribution in [1.29, 1.82) is 0 Å². The number of amides is 1. The smallest absolute Gasteiger partial charge is 0.245 e. The van der Waals surface area contributed by atoms with Crippen molar-refractivity contribution in [3.05, 3.63) is 51.6 Å². The summed E-state index contributed by atoms with van der Waals surface area (Å²) in [6.07, 6.45) is 2.09. The van der Waals surface area contributed by atoms with Gasteiger partial charge in [0.25, 0.3) is 0 Å². The Hall–Kier alpha value is -3.80. The summed E-state index contributed by atoms with van der Waals surface area (Å²) in [6.45, 7) is -0.0133. The van der Waals surface area contributed by atoms with E-state index in [9.17, 15) is 29.4 Å². The fraction of sp³-hybridized carbons (Fsp3) is 0.467. The molecule has 0 radical (unpaired) electrons. The van der Waals surface area contributed by atoms with Gasteiger partial charge in [0.2, 0.25) is 11.7 Å². The Bertz CT molecular complexity index is 1400. The summed E-state index contributed by atoms with van der Waals surface area (Å²) >= 11 is 0. The molecule has 1 fully saturated rings. The summed E-state index contributed by atoms with van der Waals surface area (Å²) in [5.74, 6) is -2.64. The van der Waals surface area contributed by atoms with Gasteiger partial charge in [-0.2, -0.15) is 0 Å². The number of likely N-dealkylation sites (N-methyl/N-ethyl adjacent to an activating group) is 1. The normalized spacial score (nSPS) is 21.5. The van der Waals surface area contributed by atoms with Crippen molar-refractivity contribution < 1.29 is 48.3 Å². The number of Topliss-reactive ketones (excluding diaryl/α,β-unsaturated/α-hetero) is 1. The lowest BCUT2D eigenvalue weighted by Gasteiger charge is -2.31. The minimum absolute atomic E-state index is 0.0494. The number of ether oxygens (including phenoxy) is 4. The van der Waals surface area contributed by atoms with Crippen LogP contribution in [0.4, 0.5) is 0 Å². The highest BCUT2D eigenvalue weighted by atomic mass is 16.7. The van der Waals surface area contributed by atoms with E-state index in [1.807, 2.05) is 0 Å². The predicted octanol–water partition coefficient (Wildman–Crippen LogP) is 2.23. The molecular formula is C30H33NO10. The topological polar surface area (TPSA) is 158 Å². The zero-order chi connectivity index (χ0) is 29.3. The Morgan fingerprint density at radius 2 is 1.76 bits per heavy atom. The van der Waals surface area contributed by atoms with Crippen molar-refractivity contribution in [2.24, 2.45) is 5.92 Å². The third-order valence-corrected chi connectivity index (χ3v) is 8.02. The molecule has 1 aliphatic heterocycles. The van der Waals surface area contributed by atoms with E-state index in [-0.39, 0.29) is 90.0 Å². The van der Waals surface area contributed by atoms with Crippen LogP contribution < -0.4 is 10.1 Å². The average molecular weight is 568 g/mol. The first-order valence-corrected chi connectivity index (χ1v) is 13.7. The van der Waals surface area contributed by atoms with E-state index >= 15 is 0 Å². The molecule has 0 bridgehead atoms. The lowest BCUT2D eigenvalue weighted by molar-refractivity contribution is -0.205. The van der Waals surface area contributed by atoms with Gasteiger partial charge in [-0.3, -0.25) is 19.2 Å². The molecule has 2 aromatic carbocycles. The van der Waals surface area contributed by atoms with E-state index in [0.29, 0.717) is 24.0 Å². The van der Waals surface area contributed by atoms with Gasteiger partial charge in [-0.05, 0) is 44.6 Å². The molecule has 11 nitrogen and oxygen atoms in total. The molecule has 0 saturated carbocycles. The van der Waals surface area contributed by atoms with Gasteiger partial charge in [-0.15, -0.1) is 0 Å². The average Bonchev–Trinajstić information content (AvgIpc) is 2.99. The molecule has 218 valence electrons. The van der Waals surface area contributed by atoms with Crippen molar-refractivity contribution in [3.8, 4) is 17.2 Å². The largest absolute Gasteiger partial charge is 0.507 e. The molecule has 3 atom stereocenters. The molecule has 5 rings (SSSR count). The maximum absolute atomic E-state index is 13.4. The van der Waals surface area contributed by atoms with Crippen molar-refractivity contribution in [1.82, 2.24) is 5.32 Å². The third-order valence-electron chi connectivity index (χ3n) is 8.02. The lowest BCUT2D eigenvalue weighted by Crippen LogP contribution is -2.36. The molecule has 0 spiro atoms. The van der Waals surface area contributed by atoms with Crippen LogP contribution in [0.25, 0.3) is 0 Å². The number of hydrogen-bond donors (Lipinski definition) is 3. The SMILES string of the molecule is CNC(=O)COCC1CCCC(OCC(=O)[C@H]2CCc3c(O)c4c(c(O)c3C2)C(=O)c2cccc(OC)c2C4=O)O1. The molecule has 2 aromatic rings. The van der Waals surface area contributed by atoms with Crippen molar-refractivity contribution in [3.63, 3.8) is 0 Å². The molecule has 1 saturated heterocycles. The monoisotopic (exact) mass is 567 g/mol. The summed E-state index contributed by atoms with van der Waals surface area (Å²) in [5, 5.41) is 24.8. The number of fused-ring (bicyclic) bond motifs is 3. The van der Waals surface area contributed by atoms with Gasteiger partial charge >= 0.3 is 0 Å². The number of aromatic hydroxyl groups is 2. The summed E-state index contributed by atoms with van der Waals surface area (Å²) < 4.78 is 22.3. The first-order chi connectivity index (χ1) is 19.7. The van der Waals surface area contributed by atoms with Crippen molar-refractivity contribution in [2.75, 3.05) is 34.0 Å². The Morgan fingerprint density at radius 1 is 1.00 bits per heavy atom. The minimum atomic E-state index is -0.598. The maximum atomic E-state index is 13.4. The number of carbonyl (C=O) groups excluding carboxylic acids is 4. The van der Waals surface area contributed by atoms with Crippen LogP contribution in [0.15, 0.2) is 18.2 Å². The van der Waals surface area contributed by atoms with E-state index in [1.54, 1.807) is 12.1 Å². The molecule has 1 heterocycles. The fourth-order valence-corrected chi connectivity index (χ4v) is 5.84. The summed E-state index contributed by atoms with van der Waals surface area (Å²) in [5.41, 5.74) is 0.296. The van der Waals surface area contributed by atoms with Gasteiger partial charge in [0.15, 0.2) is 17.9 Å². The third kappa shape index (κ3) is 5.44. The van der Waals surface area contributed by atoms with E-state index in [1.165, 1.54) is 20.2 Å². The Morgan fingerprint density at radius 3 is 2.51 bits per heavy atom. The molecule has 0 aromatic heterocycles. The Labute approximate surface area is 236 Å². The molecule has 3 N–H and O–H groups in total. The van der Waals surface area contributed by atoms with Gasteiger partial charge in [0.05, 0.1) is 36.5 Å². The number of carbonyl (C=O) groups is 4. The second-order valence-corrected chi connectivity index (χ2v) is 10.5. The van der Waals surface area contributed by atoms with Gasteiger partial charge < -0.3 is 34.5 Å². The van der Waals surface area contributed by atoms with Gasteiger partial charge in [0.1, 0.15) is 30.5 Å². The summed E-state index contributed by atoms with van der Waals surface area (Å²) in [4.78, 5) is 51.3. The quantitative estimate of drug-likeness (QED) is 0.328. The fourth-order valence-electron chi connectivity index (χ4n) is 5.84. The standard InChI is InChI=1S/C30H33NO10/c1-31-22(33)14-39-12-16-5-3-8-23(41-16)40-13-20(32)15-9-10-17-19(11-15)29(36)25-26(27(17)34)30(37)24-18(28(25)35)6-4-7-21(24)38-2/h4,6-7,15-16,23,34,36H,3,5,8-14H2,1-2H3,(H,31,33)/t15-,16?,23?/m0/s1. The number of phenols is 2. The zero-order valence-electron chi connectivity index (χ0n) is 23.0. The number of benzene rings is 2. The van der Waals surface area contributed by atoms with E-state index in [2.05, 4.69) is 5.32 Å². The minimum Gasteiger partial charge on any atom is -0.507 e. The number of nitrogens with one attached hydrogen (secondary N) is 1. The Kier molecular flexibility index (Phi) is 8.39. The first kappa shape index (κ1) is 28.7. The Balaban J connectivity index is 1.27. The van der Waals surface area contributed by atoms with E-state index in [4.69, 9.17) is 18.9 Å². The molecule has 41 heavy (non-hydrogen) atoms. The lowest BCUT2D eigenvalue weighted by atomic mass is 9.75. The van der Waals surface area contributed by atoms with Crippen LogP contribution >= 0.6 is 0 Å². The molecule has 1 amide bonds. The second-order valence-electron chi connectivity index (χ2n) is 10.5. The highest BCUT2D eigenvalue weighted by Crippen LogP contribution is 2.47. The van der Waals surface area contributed by atoms with Crippen molar-refractivity contribution >= 4 is 23.3 Å². The number of phenolic OH excluding ortho intramolecular Hbond substituents is 2. The molecular weight excluding hydrogens is 534 g/mol. The number of rotatable bonds is 9. The number of methoxy groups -OCH3 is 1.